The fourth-order valence-electron chi connectivity index (χ4n) is 5.70. The van der Waals surface area contributed by atoms with Crippen LogP contribution in [-0.4, -0.2) is 83.5 Å². The van der Waals surface area contributed by atoms with Crippen LogP contribution in [0.25, 0.3) is 11.3 Å². The quantitative estimate of drug-likeness (QED) is 0.196. The predicted octanol–water partition coefficient (Wildman–Crippen LogP) is 6.24. The lowest BCUT2D eigenvalue weighted by Crippen LogP contribution is -2.57. The summed E-state index contributed by atoms with van der Waals surface area (Å²) in [5.41, 5.74) is 3.05. The van der Waals surface area contributed by atoms with Gasteiger partial charge < -0.3 is 30.1 Å². The maximum absolute atomic E-state index is 14.1. The number of aromatic nitrogens is 3. The van der Waals surface area contributed by atoms with Crippen LogP contribution in [-0.2, 0) is 4.79 Å². The van der Waals surface area contributed by atoms with E-state index < -0.39 is 19.0 Å². The van der Waals surface area contributed by atoms with E-state index in [1.165, 1.54) is 19.4 Å². The van der Waals surface area contributed by atoms with E-state index in [1.54, 1.807) is 34.2 Å². The number of thiazole rings is 1. The number of rotatable bonds is 9. The Morgan fingerprint density at radius 3 is 2.62 bits per heavy atom. The molecule has 48 heavy (non-hydrogen) atoms. The minimum atomic E-state index is -2.79. The number of anilines is 5. The van der Waals surface area contributed by atoms with Gasteiger partial charge in [0.05, 0.1) is 48.5 Å². The van der Waals surface area contributed by atoms with Crippen molar-refractivity contribution in [2.24, 2.45) is 0 Å². The summed E-state index contributed by atoms with van der Waals surface area (Å²) in [6.07, 6.45) is 4.41. The first-order valence-corrected chi connectivity index (χ1v) is 16.3. The van der Waals surface area contributed by atoms with E-state index in [0.29, 0.717) is 74.7 Å². The Bertz CT molecular complexity index is 1860. The van der Waals surface area contributed by atoms with Gasteiger partial charge in [0.1, 0.15) is 4.88 Å². The SMILES string of the molecule is C=CC(=O)N1CCN(c2ncc(-c3ccc(OC)c(Nc4ncc(C(=O)Nc5c(C)cccc5Cl)s4)n3)cc2N2CC(F)(F)C2)C[C@H]1C. The number of nitrogens with one attached hydrogen (secondary N) is 2. The molecule has 2 fully saturated rings. The van der Waals surface area contributed by atoms with E-state index in [0.717, 1.165) is 16.9 Å². The zero-order chi connectivity index (χ0) is 34.2. The second-order valence-corrected chi connectivity index (χ2v) is 13.0. The number of hydrogen-bond donors (Lipinski definition) is 2. The fourth-order valence-corrected chi connectivity index (χ4v) is 6.68. The Kier molecular flexibility index (Phi) is 9.21. The maximum atomic E-state index is 14.1. The third kappa shape index (κ3) is 6.76. The molecular formula is C33H33ClF2N8O3S. The number of carbonyl (C=O) groups excluding carboxylic acids is 2. The average Bonchev–Trinajstić information content (AvgIpc) is 3.53. The summed E-state index contributed by atoms with van der Waals surface area (Å²) in [7, 11) is 1.51. The van der Waals surface area contributed by atoms with Gasteiger partial charge in [0.15, 0.2) is 22.5 Å². The molecular weight excluding hydrogens is 662 g/mol. The van der Waals surface area contributed by atoms with Crippen molar-refractivity contribution < 1.29 is 23.1 Å². The fraction of sp³-hybridized carbons (Fsp3) is 0.303. The Labute approximate surface area is 285 Å². The number of halogens is 3. The maximum Gasteiger partial charge on any atom is 0.282 e. The van der Waals surface area contributed by atoms with Gasteiger partial charge in [0.2, 0.25) is 5.91 Å². The first kappa shape index (κ1) is 33.1. The zero-order valence-electron chi connectivity index (χ0n) is 26.5. The van der Waals surface area contributed by atoms with E-state index in [2.05, 4.69) is 22.2 Å². The number of amides is 2. The summed E-state index contributed by atoms with van der Waals surface area (Å²) in [6.45, 7) is 7.98. The van der Waals surface area contributed by atoms with Crippen molar-refractivity contribution in [3.8, 4) is 17.0 Å². The molecule has 0 aliphatic carbocycles. The van der Waals surface area contributed by atoms with E-state index in [-0.39, 0.29) is 17.9 Å². The van der Waals surface area contributed by atoms with Crippen LogP contribution in [0.2, 0.25) is 5.02 Å². The summed E-state index contributed by atoms with van der Waals surface area (Å²) in [6, 6.07) is 10.5. The van der Waals surface area contributed by atoms with Crippen LogP contribution in [0.15, 0.2) is 61.4 Å². The molecule has 250 valence electrons. The summed E-state index contributed by atoms with van der Waals surface area (Å²) in [5, 5.41) is 6.82. The van der Waals surface area contributed by atoms with Gasteiger partial charge >= 0.3 is 0 Å². The molecule has 5 heterocycles. The van der Waals surface area contributed by atoms with E-state index in [4.69, 9.17) is 26.3 Å². The van der Waals surface area contributed by atoms with Crippen LogP contribution in [0.5, 0.6) is 5.75 Å². The number of ether oxygens (including phenoxy) is 1. The summed E-state index contributed by atoms with van der Waals surface area (Å²) in [5.74, 6) is -1.95. The molecule has 2 aliphatic heterocycles. The van der Waals surface area contributed by atoms with Crippen LogP contribution in [0.4, 0.5) is 36.9 Å². The van der Waals surface area contributed by atoms with Gasteiger partial charge in [-0.2, -0.15) is 0 Å². The molecule has 3 aromatic heterocycles. The number of aryl methyl sites for hydroxylation is 1. The molecule has 4 aromatic rings. The zero-order valence-corrected chi connectivity index (χ0v) is 28.0. The monoisotopic (exact) mass is 694 g/mol. The standard InChI is InChI=1S/C33H33ClF2N8O3S/c1-5-27(45)44-12-11-42(16-20(44)3)30-24(43-17-33(35,36)18-43)13-21(14-37-30)23-9-10-25(47-4)29(39-23)41-32-38-15-26(48-32)31(46)40-28-19(2)7-6-8-22(28)34/h5-10,13-15,20H,1,11-12,16-18H2,2-4H3,(H,40,46)(H,38,39,41)/t20-/m1/s1. The molecule has 0 radical (unpaired) electrons. The lowest BCUT2D eigenvalue weighted by Gasteiger charge is -2.44. The topological polar surface area (TPSA) is 116 Å². The lowest BCUT2D eigenvalue weighted by atomic mass is 10.1. The molecule has 2 saturated heterocycles. The van der Waals surface area contributed by atoms with Crippen molar-refractivity contribution in [3.05, 3.63) is 76.9 Å². The Balaban J connectivity index is 1.25. The number of pyridine rings is 2. The third-order valence-corrected chi connectivity index (χ3v) is 9.43. The normalized spacial score (nSPS) is 17.0. The van der Waals surface area contributed by atoms with Crippen molar-refractivity contribution in [1.29, 1.82) is 0 Å². The molecule has 11 nitrogen and oxygen atoms in total. The van der Waals surface area contributed by atoms with Crippen molar-refractivity contribution >= 4 is 62.9 Å². The van der Waals surface area contributed by atoms with Crippen molar-refractivity contribution in [1.82, 2.24) is 19.9 Å². The van der Waals surface area contributed by atoms with Gasteiger partial charge in [0, 0.05) is 37.4 Å². The summed E-state index contributed by atoms with van der Waals surface area (Å²) < 4.78 is 33.6. The molecule has 2 N–H and O–H groups in total. The molecule has 1 aromatic carbocycles. The molecule has 0 bridgehead atoms. The van der Waals surface area contributed by atoms with Crippen molar-refractivity contribution in [3.63, 3.8) is 0 Å². The minimum Gasteiger partial charge on any atom is -0.493 e. The van der Waals surface area contributed by atoms with Crippen LogP contribution >= 0.6 is 22.9 Å². The third-order valence-electron chi connectivity index (χ3n) is 8.21. The van der Waals surface area contributed by atoms with Crippen molar-refractivity contribution in [2.45, 2.75) is 25.8 Å². The van der Waals surface area contributed by atoms with Crippen LogP contribution in [0.3, 0.4) is 0 Å². The van der Waals surface area contributed by atoms with Gasteiger partial charge in [-0.1, -0.05) is 41.6 Å². The van der Waals surface area contributed by atoms with Gasteiger partial charge in [-0.15, -0.1) is 0 Å². The Morgan fingerprint density at radius 1 is 1.15 bits per heavy atom. The molecule has 15 heteroatoms. The number of carbonyl (C=O) groups is 2. The number of methoxy groups -OCH3 is 1. The number of alkyl halides is 2. The largest absolute Gasteiger partial charge is 0.493 e. The Morgan fingerprint density at radius 2 is 1.94 bits per heavy atom. The van der Waals surface area contributed by atoms with Crippen molar-refractivity contribution in [2.75, 3.05) is 60.3 Å². The van der Waals surface area contributed by atoms with E-state index >= 15 is 0 Å². The molecule has 1 atom stereocenters. The number of para-hydroxylation sites is 1. The average molecular weight is 695 g/mol. The van der Waals surface area contributed by atoms with E-state index in [1.807, 2.05) is 36.9 Å². The predicted molar refractivity (Wildman–Crippen MR) is 184 cm³/mol. The molecule has 0 saturated carbocycles. The lowest BCUT2D eigenvalue weighted by molar-refractivity contribution is -0.128. The second-order valence-electron chi connectivity index (χ2n) is 11.6. The first-order chi connectivity index (χ1) is 23.0. The number of piperazine rings is 1. The van der Waals surface area contributed by atoms with Crippen LogP contribution in [0, 0.1) is 6.92 Å². The molecule has 0 spiro atoms. The highest BCUT2D eigenvalue weighted by Crippen LogP contribution is 2.40. The molecule has 2 aliphatic rings. The first-order valence-electron chi connectivity index (χ1n) is 15.1. The van der Waals surface area contributed by atoms with E-state index in [9.17, 15) is 18.4 Å². The number of hydrogen-bond acceptors (Lipinski definition) is 10. The van der Waals surface area contributed by atoms with Gasteiger partial charge in [-0.05, 0) is 49.8 Å². The smallest absolute Gasteiger partial charge is 0.282 e. The molecule has 2 amide bonds. The number of benzene rings is 1. The number of nitrogens with zero attached hydrogens (tertiary/aromatic N) is 6. The van der Waals surface area contributed by atoms with Crippen LogP contribution < -0.4 is 25.2 Å². The molecule has 6 rings (SSSR count). The van der Waals surface area contributed by atoms with Crippen LogP contribution in [0.1, 0.15) is 22.2 Å². The highest BCUT2D eigenvalue weighted by molar-refractivity contribution is 7.17. The Hall–Kier alpha value is -4.82. The highest BCUT2D eigenvalue weighted by Gasteiger charge is 2.45. The summed E-state index contributed by atoms with van der Waals surface area (Å²) >= 11 is 7.40. The second kappa shape index (κ2) is 13.4. The van der Waals surface area contributed by atoms with Gasteiger partial charge in [-0.25, -0.2) is 23.7 Å². The van der Waals surface area contributed by atoms with Gasteiger partial charge in [-0.3, -0.25) is 9.59 Å². The summed E-state index contributed by atoms with van der Waals surface area (Å²) in [4.78, 5) is 44.8. The molecule has 0 unspecified atom stereocenters. The van der Waals surface area contributed by atoms with Gasteiger partial charge in [0.25, 0.3) is 11.8 Å². The minimum absolute atomic E-state index is 0.119. The highest BCUT2D eigenvalue weighted by atomic mass is 35.5.